The zero-order valence-corrected chi connectivity index (χ0v) is 9.55. The average molecular weight is 213 g/mol. The van der Waals surface area contributed by atoms with Gasteiger partial charge in [-0.2, -0.15) is 5.10 Å². The summed E-state index contributed by atoms with van der Waals surface area (Å²) in [4.78, 5) is 4.11. The number of hydrogen-bond acceptors (Lipinski definition) is 4. The van der Waals surface area contributed by atoms with Crippen LogP contribution in [0.5, 0.6) is 0 Å². The number of nitrogens with zero attached hydrogens (tertiary/aromatic N) is 3. The monoisotopic (exact) mass is 213 g/mol. The molecular weight excluding hydrogens is 194 g/mol. The zero-order chi connectivity index (χ0) is 11.3. The lowest BCUT2D eigenvalue weighted by molar-refractivity contribution is -0.0141. The van der Waals surface area contributed by atoms with E-state index in [0.29, 0.717) is 6.42 Å². The highest BCUT2D eigenvalue weighted by atomic mass is 16.5. The molecule has 0 fully saturated rings. The number of aliphatic hydroxyl groups excluding tert-OH is 1. The lowest BCUT2D eigenvalue weighted by atomic mass is 10.1. The molecule has 5 heteroatoms. The van der Waals surface area contributed by atoms with Crippen molar-refractivity contribution in [3.05, 3.63) is 12.2 Å². The van der Waals surface area contributed by atoms with E-state index in [1.807, 2.05) is 13.8 Å². The Labute approximate surface area is 90.1 Å². The number of aryl methyl sites for hydroxylation is 1. The van der Waals surface area contributed by atoms with Gasteiger partial charge in [0, 0.05) is 20.1 Å². The molecule has 0 saturated heterocycles. The van der Waals surface area contributed by atoms with Gasteiger partial charge in [0.1, 0.15) is 12.2 Å². The predicted molar refractivity (Wildman–Crippen MR) is 56.5 cm³/mol. The Morgan fingerprint density at radius 2 is 2.27 bits per heavy atom. The molecule has 1 rings (SSSR count). The Morgan fingerprint density at radius 1 is 1.53 bits per heavy atom. The van der Waals surface area contributed by atoms with Gasteiger partial charge in [-0.15, -0.1) is 0 Å². The second kappa shape index (κ2) is 5.82. The standard InChI is InChI=1S/C10H19N3O2/c1-4-9(15-3)8(14)6-10-11-7-12-13(10)5-2/h7-9,14H,4-6H2,1-3H3. The summed E-state index contributed by atoms with van der Waals surface area (Å²) in [5.74, 6) is 0.806. The molecule has 2 unspecified atom stereocenters. The summed E-state index contributed by atoms with van der Waals surface area (Å²) in [5.41, 5.74) is 0. The number of rotatable bonds is 6. The average Bonchev–Trinajstić information content (AvgIpc) is 2.67. The molecule has 0 saturated carbocycles. The molecule has 1 aromatic rings. The molecular formula is C10H19N3O2. The van der Waals surface area contributed by atoms with Gasteiger partial charge < -0.3 is 9.84 Å². The van der Waals surface area contributed by atoms with Gasteiger partial charge in [0.15, 0.2) is 0 Å². The highest BCUT2D eigenvalue weighted by Crippen LogP contribution is 2.08. The van der Waals surface area contributed by atoms with Crippen LogP contribution in [0.3, 0.4) is 0 Å². The first-order valence-corrected chi connectivity index (χ1v) is 5.30. The Bertz CT molecular complexity index is 284. The minimum Gasteiger partial charge on any atom is -0.390 e. The van der Waals surface area contributed by atoms with E-state index < -0.39 is 6.10 Å². The minimum absolute atomic E-state index is 0.132. The third-order valence-electron chi connectivity index (χ3n) is 2.52. The molecule has 1 heterocycles. The van der Waals surface area contributed by atoms with Crippen LogP contribution in [0.15, 0.2) is 6.33 Å². The first-order chi connectivity index (χ1) is 7.22. The van der Waals surface area contributed by atoms with Crippen molar-refractivity contribution in [2.45, 2.75) is 45.4 Å². The highest BCUT2D eigenvalue weighted by Gasteiger charge is 2.19. The van der Waals surface area contributed by atoms with Crippen LogP contribution in [0.2, 0.25) is 0 Å². The molecule has 0 aliphatic rings. The Hall–Kier alpha value is -0.940. The van der Waals surface area contributed by atoms with Crippen molar-refractivity contribution >= 4 is 0 Å². The second-order valence-electron chi connectivity index (χ2n) is 3.45. The van der Waals surface area contributed by atoms with Gasteiger partial charge in [-0.3, -0.25) is 4.68 Å². The van der Waals surface area contributed by atoms with Gasteiger partial charge in [-0.25, -0.2) is 4.98 Å². The van der Waals surface area contributed by atoms with E-state index in [4.69, 9.17) is 4.74 Å². The smallest absolute Gasteiger partial charge is 0.138 e. The van der Waals surface area contributed by atoms with Gasteiger partial charge >= 0.3 is 0 Å². The molecule has 0 aliphatic heterocycles. The molecule has 0 radical (unpaired) electrons. The third kappa shape index (κ3) is 3.00. The van der Waals surface area contributed by atoms with Gasteiger partial charge in [-0.05, 0) is 13.3 Å². The summed E-state index contributed by atoms with van der Waals surface area (Å²) in [6.45, 7) is 4.76. The SMILES string of the molecule is CCC(OC)C(O)Cc1ncnn1CC. The Kier molecular flexibility index (Phi) is 4.71. The Morgan fingerprint density at radius 3 is 2.80 bits per heavy atom. The minimum atomic E-state index is -0.519. The molecule has 0 aromatic carbocycles. The lowest BCUT2D eigenvalue weighted by Crippen LogP contribution is -2.30. The fourth-order valence-corrected chi connectivity index (χ4v) is 1.62. The number of ether oxygens (including phenoxy) is 1. The summed E-state index contributed by atoms with van der Waals surface area (Å²) in [6, 6.07) is 0. The van der Waals surface area contributed by atoms with Crippen LogP contribution >= 0.6 is 0 Å². The van der Waals surface area contributed by atoms with E-state index in [-0.39, 0.29) is 6.10 Å². The maximum atomic E-state index is 9.89. The molecule has 86 valence electrons. The molecule has 2 atom stereocenters. The number of hydrogen-bond donors (Lipinski definition) is 1. The normalized spacial score (nSPS) is 15.2. The molecule has 15 heavy (non-hydrogen) atoms. The summed E-state index contributed by atoms with van der Waals surface area (Å²) in [6.07, 6.45) is 2.14. The highest BCUT2D eigenvalue weighted by molar-refractivity contribution is 4.89. The molecule has 0 aliphatic carbocycles. The van der Waals surface area contributed by atoms with Gasteiger partial charge in [0.05, 0.1) is 12.2 Å². The molecule has 0 bridgehead atoms. The first-order valence-electron chi connectivity index (χ1n) is 5.30. The van der Waals surface area contributed by atoms with Crippen molar-refractivity contribution < 1.29 is 9.84 Å². The van der Waals surface area contributed by atoms with Gasteiger partial charge in [0.25, 0.3) is 0 Å². The van der Waals surface area contributed by atoms with Crippen LogP contribution in [0.1, 0.15) is 26.1 Å². The van der Waals surface area contributed by atoms with Gasteiger partial charge in [-0.1, -0.05) is 6.92 Å². The number of methoxy groups -OCH3 is 1. The van der Waals surface area contributed by atoms with E-state index >= 15 is 0 Å². The number of aliphatic hydroxyl groups is 1. The van der Waals surface area contributed by atoms with Crippen LogP contribution < -0.4 is 0 Å². The van der Waals surface area contributed by atoms with E-state index in [2.05, 4.69) is 10.1 Å². The largest absolute Gasteiger partial charge is 0.390 e. The van der Waals surface area contributed by atoms with E-state index in [1.54, 1.807) is 11.8 Å². The fourth-order valence-electron chi connectivity index (χ4n) is 1.62. The molecule has 1 N–H and O–H groups in total. The summed E-state index contributed by atoms with van der Waals surface area (Å²) in [5, 5.41) is 13.9. The van der Waals surface area contributed by atoms with Crippen molar-refractivity contribution in [1.82, 2.24) is 14.8 Å². The van der Waals surface area contributed by atoms with Gasteiger partial charge in [0.2, 0.25) is 0 Å². The van der Waals surface area contributed by atoms with Crippen molar-refractivity contribution in [3.8, 4) is 0 Å². The van der Waals surface area contributed by atoms with Crippen LogP contribution in [-0.4, -0.2) is 39.2 Å². The number of aromatic nitrogens is 3. The van der Waals surface area contributed by atoms with Crippen molar-refractivity contribution in [2.75, 3.05) is 7.11 Å². The summed E-state index contributed by atoms with van der Waals surface area (Å²) >= 11 is 0. The van der Waals surface area contributed by atoms with Crippen molar-refractivity contribution in [3.63, 3.8) is 0 Å². The predicted octanol–water partition coefficient (Wildman–Crippen LogP) is 0.626. The molecule has 1 aromatic heterocycles. The maximum Gasteiger partial charge on any atom is 0.138 e. The lowest BCUT2D eigenvalue weighted by Gasteiger charge is -2.19. The zero-order valence-electron chi connectivity index (χ0n) is 9.55. The fraction of sp³-hybridized carbons (Fsp3) is 0.800. The quantitative estimate of drug-likeness (QED) is 0.752. The summed E-state index contributed by atoms with van der Waals surface area (Å²) < 4.78 is 6.96. The second-order valence-corrected chi connectivity index (χ2v) is 3.45. The van der Waals surface area contributed by atoms with E-state index in [9.17, 15) is 5.11 Å². The van der Waals surface area contributed by atoms with E-state index in [0.717, 1.165) is 18.8 Å². The van der Waals surface area contributed by atoms with Crippen molar-refractivity contribution in [1.29, 1.82) is 0 Å². The van der Waals surface area contributed by atoms with Crippen LogP contribution in [0.4, 0.5) is 0 Å². The first kappa shape index (κ1) is 12.1. The van der Waals surface area contributed by atoms with Crippen LogP contribution in [-0.2, 0) is 17.7 Å². The molecule has 0 amide bonds. The summed E-state index contributed by atoms with van der Waals surface area (Å²) in [7, 11) is 1.61. The molecule has 5 nitrogen and oxygen atoms in total. The Balaban J connectivity index is 2.60. The molecule has 0 spiro atoms. The maximum absolute atomic E-state index is 9.89. The van der Waals surface area contributed by atoms with Crippen LogP contribution in [0.25, 0.3) is 0 Å². The van der Waals surface area contributed by atoms with Crippen LogP contribution in [0, 0.1) is 0 Å². The third-order valence-corrected chi connectivity index (χ3v) is 2.52. The topological polar surface area (TPSA) is 60.2 Å². The van der Waals surface area contributed by atoms with E-state index in [1.165, 1.54) is 6.33 Å². The van der Waals surface area contributed by atoms with Crippen molar-refractivity contribution in [2.24, 2.45) is 0 Å².